The second kappa shape index (κ2) is 7.41. The first-order valence-corrected chi connectivity index (χ1v) is 10.2. The zero-order valence-corrected chi connectivity index (χ0v) is 13.3. The van der Waals surface area contributed by atoms with Crippen molar-refractivity contribution in [2.75, 3.05) is 13.1 Å². The second-order valence-corrected chi connectivity index (χ2v) is 10.2. The van der Waals surface area contributed by atoms with E-state index in [9.17, 15) is 0 Å². The number of rotatable bonds is 8. The lowest BCUT2D eigenvalue weighted by Gasteiger charge is -2.43. The van der Waals surface area contributed by atoms with Crippen LogP contribution in [-0.4, -0.2) is 21.5 Å². The van der Waals surface area contributed by atoms with Crippen molar-refractivity contribution in [3.8, 4) is 0 Å². The summed E-state index contributed by atoms with van der Waals surface area (Å²) in [7, 11) is -1.61. The van der Waals surface area contributed by atoms with E-state index in [0.717, 1.165) is 24.2 Å². The predicted molar refractivity (Wildman–Crippen MR) is 86.6 cm³/mol. The molecule has 19 heavy (non-hydrogen) atoms. The van der Waals surface area contributed by atoms with E-state index in [4.69, 9.17) is 0 Å². The standard InChI is InChI=1S/C16H30N2Si/c1-3-13-17-19(18-14-4-2,15-9-5-6-10-15)16-11-7-8-12-16/h3-4,15-18H,1-2,5-14H2. The van der Waals surface area contributed by atoms with Gasteiger partial charge in [0.25, 0.3) is 0 Å². The van der Waals surface area contributed by atoms with Gasteiger partial charge in [-0.3, -0.25) is 0 Å². The molecule has 0 heterocycles. The van der Waals surface area contributed by atoms with Crippen molar-refractivity contribution in [2.45, 2.75) is 62.4 Å². The summed E-state index contributed by atoms with van der Waals surface area (Å²) in [6.07, 6.45) is 15.5. The first-order chi connectivity index (χ1) is 9.33. The number of nitrogens with one attached hydrogen (secondary N) is 2. The summed E-state index contributed by atoms with van der Waals surface area (Å²) in [6, 6.07) is 0. The highest BCUT2D eigenvalue weighted by molar-refractivity contribution is 6.78. The monoisotopic (exact) mass is 278 g/mol. The van der Waals surface area contributed by atoms with E-state index in [1.165, 1.54) is 51.4 Å². The molecule has 0 aliphatic heterocycles. The fraction of sp³-hybridized carbons (Fsp3) is 0.750. The third-order valence-electron chi connectivity index (χ3n) is 5.08. The van der Waals surface area contributed by atoms with E-state index >= 15 is 0 Å². The Morgan fingerprint density at radius 2 is 1.16 bits per heavy atom. The number of hydrogen-bond donors (Lipinski definition) is 2. The highest BCUT2D eigenvalue weighted by atomic mass is 28.3. The summed E-state index contributed by atoms with van der Waals surface area (Å²) in [5, 5.41) is 0. The van der Waals surface area contributed by atoms with Gasteiger partial charge >= 0.3 is 0 Å². The predicted octanol–water partition coefficient (Wildman–Crippen LogP) is 3.87. The normalized spacial score (nSPS) is 21.9. The Labute approximate surface area is 119 Å². The molecule has 2 saturated carbocycles. The van der Waals surface area contributed by atoms with E-state index < -0.39 is 8.40 Å². The molecule has 2 N–H and O–H groups in total. The largest absolute Gasteiger partial charge is 0.322 e. The summed E-state index contributed by atoms with van der Waals surface area (Å²) >= 11 is 0. The maximum Gasteiger partial charge on any atom is 0.208 e. The lowest BCUT2D eigenvalue weighted by Crippen LogP contribution is -2.67. The highest BCUT2D eigenvalue weighted by Gasteiger charge is 2.49. The molecule has 0 aromatic rings. The molecular formula is C16H30N2Si. The fourth-order valence-electron chi connectivity index (χ4n) is 4.22. The van der Waals surface area contributed by atoms with Crippen molar-refractivity contribution in [1.29, 1.82) is 0 Å². The molecule has 0 spiro atoms. The summed E-state index contributed by atoms with van der Waals surface area (Å²) < 4.78 is 0. The molecule has 0 unspecified atom stereocenters. The van der Waals surface area contributed by atoms with Crippen LogP contribution in [0.5, 0.6) is 0 Å². The summed E-state index contributed by atoms with van der Waals surface area (Å²) in [5.74, 6) is 0. The summed E-state index contributed by atoms with van der Waals surface area (Å²) in [6.45, 7) is 9.74. The molecule has 2 fully saturated rings. The van der Waals surface area contributed by atoms with Gasteiger partial charge in [0, 0.05) is 13.1 Å². The fourth-order valence-corrected chi connectivity index (χ4v) is 9.77. The van der Waals surface area contributed by atoms with Crippen LogP contribution in [0, 0.1) is 0 Å². The molecule has 2 nitrogen and oxygen atoms in total. The molecular weight excluding hydrogens is 248 g/mol. The Balaban J connectivity index is 2.18. The van der Waals surface area contributed by atoms with Crippen LogP contribution in [0.4, 0.5) is 0 Å². The van der Waals surface area contributed by atoms with Gasteiger partial charge in [0.15, 0.2) is 0 Å². The molecule has 2 rings (SSSR count). The van der Waals surface area contributed by atoms with E-state index in [1.54, 1.807) is 0 Å². The third kappa shape index (κ3) is 3.39. The Morgan fingerprint density at radius 1 is 0.789 bits per heavy atom. The molecule has 2 aliphatic carbocycles. The van der Waals surface area contributed by atoms with Crippen molar-refractivity contribution in [1.82, 2.24) is 9.96 Å². The minimum atomic E-state index is -1.61. The lowest BCUT2D eigenvalue weighted by molar-refractivity contribution is 0.666. The minimum absolute atomic E-state index is 0.912. The SMILES string of the molecule is C=CCN[Si](NCC=C)(C1CCCC1)C1CCCC1. The average molecular weight is 279 g/mol. The Bertz CT molecular complexity index is 261. The van der Waals surface area contributed by atoms with Gasteiger partial charge in [0.2, 0.25) is 8.40 Å². The zero-order valence-electron chi connectivity index (χ0n) is 12.3. The quantitative estimate of drug-likeness (QED) is 0.520. The smallest absolute Gasteiger partial charge is 0.208 e. The van der Waals surface area contributed by atoms with Gasteiger partial charge in [-0.05, 0) is 11.1 Å². The van der Waals surface area contributed by atoms with Crippen LogP contribution in [-0.2, 0) is 0 Å². The molecule has 0 radical (unpaired) electrons. The topological polar surface area (TPSA) is 24.1 Å². The van der Waals surface area contributed by atoms with Crippen LogP contribution >= 0.6 is 0 Å². The Morgan fingerprint density at radius 3 is 1.47 bits per heavy atom. The highest BCUT2D eigenvalue weighted by Crippen LogP contribution is 2.47. The molecule has 0 bridgehead atoms. The molecule has 0 aromatic carbocycles. The van der Waals surface area contributed by atoms with E-state index in [0.29, 0.717) is 0 Å². The third-order valence-corrected chi connectivity index (χ3v) is 10.4. The van der Waals surface area contributed by atoms with Gasteiger partial charge in [-0.1, -0.05) is 63.5 Å². The number of hydrogen-bond acceptors (Lipinski definition) is 2. The van der Waals surface area contributed by atoms with E-state index in [-0.39, 0.29) is 0 Å². The van der Waals surface area contributed by atoms with Gasteiger partial charge < -0.3 is 9.96 Å². The Hall–Kier alpha value is -0.383. The van der Waals surface area contributed by atoms with E-state index in [1.807, 2.05) is 12.2 Å². The van der Waals surface area contributed by atoms with Crippen LogP contribution in [0.25, 0.3) is 0 Å². The maximum atomic E-state index is 3.96. The van der Waals surface area contributed by atoms with Crippen molar-refractivity contribution in [3.05, 3.63) is 25.3 Å². The lowest BCUT2D eigenvalue weighted by atomic mass is 10.3. The second-order valence-electron chi connectivity index (χ2n) is 6.17. The average Bonchev–Trinajstić information content (AvgIpc) is 3.12. The van der Waals surface area contributed by atoms with Crippen molar-refractivity contribution >= 4 is 8.40 Å². The molecule has 0 aromatic heterocycles. The molecule has 108 valence electrons. The van der Waals surface area contributed by atoms with Gasteiger partial charge in [-0.15, -0.1) is 13.2 Å². The van der Waals surface area contributed by atoms with Crippen molar-refractivity contribution in [3.63, 3.8) is 0 Å². The van der Waals surface area contributed by atoms with Gasteiger partial charge in [-0.2, -0.15) is 0 Å². The zero-order chi connectivity index (χ0) is 13.6. The molecule has 0 atom stereocenters. The van der Waals surface area contributed by atoms with Crippen molar-refractivity contribution < 1.29 is 0 Å². The van der Waals surface area contributed by atoms with Gasteiger partial charge in [-0.25, -0.2) is 0 Å². The molecule has 3 heteroatoms. The first-order valence-electron chi connectivity index (χ1n) is 8.05. The van der Waals surface area contributed by atoms with E-state index in [2.05, 4.69) is 23.1 Å². The Kier molecular flexibility index (Phi) is 5.86. The molecule has 0 amide bonds. The van der Waals surface area contributed by atoms with Gasteiger partial charge in [0.05, 0.1) is 0 Å². The van der Waals surface area contributed by atoms with Crippen LogP contribution in [0.2, 0.25) is 11.1 Å². The van der Waals surface area contributed by atoms with Gasteiger partial charge in [0.1, 0.15) is 0 Å². The van der Waals surface area contributed by atoms with Crippen LogP contribution < -0.4 is 9.96 Å². The van der Waals surface area contributed by atoms with Crippen LogP contribution in [0.15, 0.2) is 25.3 Å². The summed E-state index contributed by atoms with van der Waals surface area (Å²) in [4.78, 5) is 7.93. The van der Waals surface area contributed by atoms with Crippen LogP contribution in [0.3, 0.4) is 0 Å². The molecule has 0 saturated heterocycles. The first kappa shape index (κ1) is 15.0. The maximum absolute atomic E-state index is 3.96. The molecule has 2 aliphatic rings. The summed E-state index contributed by atoms with van der Waals surface area (Å²) in [5.41, 5.74) is 1.82. The van der Waals surface area contributed by atoms with Crippen LogP contribution in [0.1, 0.15) is 51.4 Å². The minimum Gasteiger partial charge on any atom is -0.322 e. The van der Waals surface area contributed by atoms with Crippen molar-refractivity contribution in [2.24, 2.45) is 0 Å².